The van der Waals surface area contributed by atoms with Gasteiger partial charge in [0.25, 0.3) is 0 Å². The summed E-state index contributed by atoms with van der Waals surface area (Å²) in [6.45, 7) is 3.41. The van der Waals surface area contributed by atoms with Crippen LogP contribution in [-0.2, 0) is 11.2 Å². The minimum atomic E-state index is 0.0961. The molecule has 24 heavy (non-hydrogen) atoms. The number of para-hydroxylation sites is 1. The third-order valence-corrected chi connectivity index (χ3v) is 4.45. The Labute approximate surface area is 142 Å². The van der Waals surface area contributed by atoms with E-state index in [2.05, 4.69) is 40.6 Å². The number of nitrogens with one attached hydrogen (secondary N) is 1. The molecule has 0 bridgehead atoms. The Morgan fingerprint density at radius 1 is 1.25 bits per heavy atom. The van der Waals surface area contributed by atoms with Gasteiger partial charge in [0.05, 0.1) is 11.6 Å². The number of benzene rings is 2. The molecule has 2 aromatic carbocycles. The number of anilines is 2. The highest BCUT2D eigenvalue weighted by Gasteiger charge is 2.25. The number of carbonyl (C=O) groups excluding carboxylic acids is 1. The molecule has 0 radical (unpaired) electrons. The van der Waals surface area contributed by atoms with Gasteiger partial charge in [-0.1, -0.05) is 25.1 Å². The maximum atomic E-state index is 11.6. The molecule has 1 unspecified atom stereocenters. The molecule has 0 aliphatic carbocycles. The normalized spacial score (nSPS) is 16.2. The van der Waals surface area contributed by atoms with E-state index in [1.165, 1.54) is 11.3 Å². The molecule has 0 saturated heterocycles. The molecule has 0 spiro atoms. The Morgan fingerprint density at radius 2 is 2.00 bits per heavy atom. The fourth-order valence-electron chi connectivity index (χ4n) is 3.16. The van der Waals surface area contributed by atoms with Gasteiger partial charge in [0, 0.05) is 30.9 Å². The first kappa shape index (κ1) is 16.1. The summed E-state index contributed by atoms with van der Waals surface area (Å²) in [6.07, 6.45) is 1.48. The summed E-state index contributed by atoms with van der Waals surface area (Å²) < 4.78 is 0. The summed E-state index contributed by atoms with van der Waals surface area (Å²) in [7, 11) is 0. The topological polar surface area (TPSA) is 56.1 Å². The van der Waals surface area contributed by atoms with E-state index in [1.807, 2.05) is 31.2 Å². The van der Waals surface area contributed by atoms with Crippen LogP contribution in [0.5, 0.6) is 0 Å². The van der Waals surface area contributed by atoms with E-state index in [9.17, 15) is 4.79 Å². The maximum Gasteiger partial charge on any atom is 0.219 e. The average Bonchev–Trinajstić information content (AvgIpc) is 2.65. The van der Waals surface area contributed by atoms with Gasteiger partial charge < -0.3 is 10.2 Å². The zero-order chi connectivity index (χ0) is 16.9. The van der Waals surface area contributed by atoms with Gasteiger partial charge in [-0.15, -0.1) is 0 Å². The fraction of sp³-hybridized carbons (Fsp3) is 0.300. The second-order valence-corrected chi connectivity index (χ2v) is 6.13. The lowest BCUT2D eigenvalue weighted by molar-refractivity contribution is -0.120. The molecule has 1 heterocycles. The smallest absolute Gasteiger partial charge is 0.219 e. The predicted octanol–water partition coefficient (Wildman–Crippen LogP) is 3.39. The quantitative estimate of drug-likeness (QED) is 0.940. The summed E-state index contributed by atoms with van der Waals surface area (Å²) in [4.78, 5) is 13.8. The molecule has 1 amide bonds. The third kappa shape index (κ3) is 3.41. The lowest BCUT2D eigenvalue weighted by Crippen LogP contribution is -2.39. The predicted molar refractivity (Wildman–Crippen MR) is 95.1 cm³/mol. The summed E-state index contributed by atoms with van der Waals surface area (Å²) in [5.41, 5.74) is 4.24. The highest BCUT2D eigenvalue weighted by Crippen LogP contribution is 2.35. The fourth-order valence-corrected chi connectivity index (χ4v) is 3.16. The number of rotatable bonds is 4. The summed E-state index contributed by atoms with van der Waals surface area (Å²) in [5.74, 6) is 0.463. The lowest BCUT2D eigenvalue weighted by atomic mass is 9.91. The van der Waals surface area contributed by atoms with Crippen molar-refractivity contribution in [3.05, 3.63) is 59.7 Å². The Hall–Kier alpha value is -2.80. The minimum Gasteiger partial charge on any atom is -0.356 e. The van der Waals surface area contributed by atoms with Crippen LogP contribution in [0, 0.1) is 17.2 Å². The minimum absolute atomic E-state index is 0.0961. The third-order valence-electron chi connectivity index (χ3n) is 4.45. The van der Waals surface area contributed by atoms with Gasteiger partial charge in [-0.3, -0.25) is 4.79 Å². The number of fused-ring (bicyclic) bond motifs is 1. The molecule has 4 nitrogen and oxygen atoms in total. The largest absolute Gasteiger partial charge is 0.356 e. The Bertz CT molecular complexity index is 761. The Kier molecular flexibility index (Phi) is 4.81. The number of hydrogen-bond donors (Lipinski definition) is 1. The van der Waals surface area contributed by atoms with Crippen LogP contribution >= 0.6 is 0 Å². The highest BCUT2D eigenvalue weighted by molar-refractivity contribution is 5.75. The van der Waals surface area contributed by atoms with Crippen LogP contribution in [0.25, 0.3) is 0 Å². The highest BCUT2D eigenvalue weighted by atomic mass is 16.1. The van der Waals surface area contributed by atoms with Crippen LogP contribution in [0.1, 0.15) is 24.5 Å². The second-order valence-electron chi connectivity index (χ2n) is 6.13. The molecule has 0 aromatic heterocycles. The van der Waals surface area contributed by atoms with E-state index in [0.717, 1.165) is 18.7 Å². The molecule has 0 fully saturated rings. The standard InChI is InChI=1S/C20H21N3O/c1-2-20(24)22-13-16-11-17-5-3-4-6-19(17)23(14-16)18-9-7-15(12-21)8-10-18/h3-10,16H,2,11,13-14H2,1H3,(H,22,24). The number of hydrogen-bond acceptors (Lipinski definition) is 3. The zero-order valence-electron chi connectivity index (χ0n) is 13.8. The monoisotopic (exact) mass is 319 g/mol. The van der Waals surface area contributed by atoms with Crippen molar-refractivity contribution in [3.63, 3.8) is 0 Å². The molecular formula is C20H21N3O. The number of nitrogens with zero attached hydrogens (tertiary/aromatic N) is 2. The summed E-state index contributed by atoms with van der Waals surface area (Å²) in [6, 6.07) is 18.2. The van der Waals surface area contributed by atoms with Crippen molar-refractivity contribution < 1.29 is 4.79 Å². The summed E-state index contributed by atoms with van der Waals surface area (Å²) in [5, 5.41) is 12.0. The first-order valence-corrected chi connectivity index (χ1v) is 8.33. The second kappa shape index (κ2) is 7.18. The van der Waals surface area contributed by atoms with Crippen molar-refractivity contribution in [3.8, 4) is 6.07 Å². The molecule has 1 N–H and O–H groups in total. The van der Waals surface area contributed by atoms with Crippen LogP contribution in [-0.4, -0.2) is 19.0 Å². The zero-order valence-corrected chi connectivity index (χ0v) is 13.8. The molecule has 0 saturated carbocycles. The molecular weight excluding hydrogens is 298 g/mol. The van der Waals surface area contributed by atoms with Crippen molar-refractivity contribution >= 4 is 17.3 Å². The average molecular weight is 319 g/mol. The van der Waals surface area contributed by atoms with Crippen LogP contribution < -0.4 is 10.2 Å². The van der Waals surface area contributed by atoms with Crippen LogP contribution in [0.4, 0.5) is 11.4 Å². The molecule has 1 aliphatic rings. The van der Waals surface area contributed by atoms with Gasteiger partial charge in [0.15, 0.2) is 0 Å². The van der Waals surface area contributed by atoms with E-state index in [-0.39, 0.29) is 5.91 Å². The van der Waals surface area contributed by atoms with Gasteiger partial charge in [0.2, 0.25) is 5.91 Å². The van der Waals surface area contributed by atoms with E-state index in [1.54, 1.807) is 0 Å². The first-order chi connectivity index (χ1) is 11.7. The molecule has 1 aliphatic heterocycles. The van der Waals surface area contributed by atoms with E-state index in [0.29, 0.717) is 24.4 Å². The molecule has 4 heteroatoms. The van der Waals surface area contributed by atoms with Crippen molar-refractivity contribution in [1.82, 2.24) is 5.32 Å². The van der Waals surface area contributed by atoms with Gasteiger partial charge in [-0.25, -0.2) is 0 Å². The van der Waals surface area contributed by atoms with Crippen molar-refractivity contribution in [2.24, 2.45) is 5.92 Å². The van der Waals surface area contributed by atoms with Crippen LogP contribution in [0.2, 0.25) is 0 Å². The summed E-state index contributed by atoms with van der Waals surface area (Å²) >= 11 is 0. The SMILES string of the molecule is CCC(=O)NCC1Cc2ccccc2N(c2ccc(C#N)cc2)C1. The van der Waals surface area contributed by atoms with Gasteiger partial charge >= 0.3 is 0 Å². The Balaban J connectivity index is 1.86. The van der Waals surface area contributed by atoms with Crippen LogP contribution in [0.3, 0.4) is 0 Å². The molecule has 1 atom stereocenters. The van der Waals surface area contributed by atoms with Gasteiger partial charge in [0.1, 0.15) is 0 Å². The van der Waals surface area contributed by atoms with E-state index < -0.39 is 0 Å². The van der Waals surface area contributed by atoms with Crippen LogP contribution in [0.15, 0.2) is 48.5 Å². The Morgan fingerprint density at radius 3 is 2.71 bits per heavy atom. The van der Waals surface area contributed by atoms with Crippen molar-refractivity contribution in [2.45, 2.75) is 19.8 Å². The van der Waals surface area contributed by atoms with Gasteiger partial charge in [-0.2, -0.15) is 5.26 Å². The van der Waals surface area contributed by atoms with Crippen molar-refractivity contribution in [2.75, 3.05) is 18.0 Å². The van der Waals surface area contributed by atoms with Crippen molar-refractivity contribution in [1.29, 1.82) is 5.26 Å². The lowest BCUT2D eigenvalue weighted by Gasteiger charge is -2.36. The van der Waals surface area contributed by atoms with E-state index in [4.69, 9.17) is 5.26 Å². The molecule has 2 aromatic rings. The van der Waals surface area contributed by atoms with Gasteiger partial charge in [-0.05, 0) is 48.2 Å². The molecule has 3 rings (SSSR count). The maximum absolute atomic E-state index is 11.6. The number of amides is 1. The first-order valence-electron chi connectivity index (χ1n) is 8.33. The number of nitriles is 1. The number of carbonyl (C=O) groups is 1. The van der Waals surface area contributed by atoms with E-state index >= 15 is 0 Å². The molecule has 122 valence electrons.